The molecule has 0 heterocycles. The number of ether oxygens (including phenoxy) is 3. The Morgan fingerprint density at radius 2 is 1.75 bits per heavy atom. The Kier molecular flexibility index (Phi) is 8.22. The van der Waals surface area contributed by atoms with Crippen molar-refractivity contribution in [2.75, 3.05) is 19.5 Å². The zero-order valence-electron chi connectivity index (χ0n) is 19.0. The standard InChI is InChI=1S/C25H18ClN3O7/c1-34-19-8-9-20(21(13-19)29(32)33)28-24(30)17(14-27)11-15-3-10-22(23(12-15)35-2)36-25(31)16-4-6-18(26)7-5-16/h3-13H,1-2H3,(H,28,30)/b17-11+. The van der Waals surface area contributed by atoms with E-state index >= 15 is 0 Å². The maximum atomic E-state index is 12.7. The summed E-state index contributed by atoms with van der Waals surface area (Å²) >= 11 is 5.83. The summed E-state index contributed by atoms with van der Waals surface area (Å²) in [5.41, 5.74) is -0.161. The Balaban J connectivity index is 1.83. The molecule has 0 saturated carbocycles. The van der Waals surface area contributed by atoms with Crippen LogP contribution in [-0.4, -0.2) is 31.0 Å². The minimum absolute atomic E-state index is 0.103. The van der Waals surface area contributed by atoms with Crippen LogP contribution in [0.5, 0.6) is 17.2 Å². The molecule has 1 amide bonds. The molecule has 0 aliphatic carbocycles. The number of carbonyl (C=O) groups is 2. The maximum absolute atomic E-state index is 12.7. The van der Waals surface area contributed by atoms with Crippen LogP contribution < -0.4 is 19.5 Å². The van der Waals surface area contributed by atoms with Gasteiger partial charge in [0.1, 0.15) is 23.1 Å². The predicted molar refractivity (Wildman–Crippen MR) is 131 cm³/mol. The molecule has 36 heavy (non-hydrogen) atoms. The van der Waals surface area contributed by atoms with Gasteiger partial charge in [0.25, 0.3) is 11.6 Å². The molecular weight excluding hydrogens is 490 g/mol. The Labute approximate surface area is 210 Å². The fourth-order valence-electron chi connectivity index (χ4n) is 3.00. The molecule has 182 valence electrons. The monoisotopic (exact) mass is 507 g/mol. The number of hydrogen-bond donors (Lipinski definition) is 1. The smallest absolute Gasteiger partial charge is 0.343 e. The third-order valence-corrected chi connectivity index (χ3v) is 5.05. The number of nitro benzene ring substituents is 1. The topological polar surface area (TPSA) is 141 Å². The highest BCUT2D eigenvalue weighted by atomic mass is 35.5. The lowest BCUT2D eigenvalue weighted by atomic mass is 10.1. The highest BCUT2D eigenvalue weighted by Gasteiger charge is 2.20. The number of benzene rings is 3. The molecule has 0 spiro atoms. The Morgan fingerprint density at radius 3 is 2.36 bits per heavy atom. The summed E-state index contributed by atoms with van der Waals surface area (Å²) in [5.74, 6) is -0.963. The van der Waals surface area contributed by atoms with E-state index in [9.17, 15) is 25.0 Å². The second-order valence-corrected chi connectivity index (χ2v) is 7.51. The first-order chi connectivity index (χ1) is 17.2. The van der Waals surface area contributed by atoms with E-state index in [1.165, 1.54) is 62.8 Å². The van der Waals surface area contributed by atoms with E-state index < -0.39 is 22.5 Å². The van der Waals surface area contributed by atoms with Crippen molar-refractivity contribution in [2.24, 2.45) is 0 Å². The van der Waals surface area contributed by atoms with E-state index in [4.69, 9.17) is 25.8 Å². The van der Waals surface area contributed by atoms with Crippen molar-refractivity contribution < 1.29 is 28.7 Å². The summed E-state index contributed by atoms with van der Waals surface area (Å²) < 4.78 is 15.6. The van der Waals surface area contributed by atoms with Crippen molar-refractivity contribution in [3.05, 3.63) is 92.5 Å². The van der Waals surface area contributed by atoms with Gasteiger partial charge in [-0.05, 0) is 60.2 Å². The van der Waals surface area contributed by atoms with Crippen LogP contribution in [-0.2, 0) is 4.79 Å². The number of carbonyl (C=O) groups excluding carboxylic acids is 2. The molecule has 0 aliphatic rings. The summed E-state index contributed by atoms with van der Waals surface area (Å²) in [6.45, 7) is 0. The van der Waals surface area contributed by atoms with Crippen LogP contribution in [0.15, 0.2) is 66.2 Å². The van der Waals surface area contributed by atoms with Crippen molar-refractivity contribution in [2.45, 2.75) is 0 Å². The van der Waals surface area contributed by atoms with Crippen LogP contribution in [0.25, 0.3) is 6.08 Å². The third-order valence-electron chi connectivity index (χ3n) is 4.80. The number of halogens is 1. The van der Waals surface area contributed by atoms with E-state index in [0.717, 1.165) is 6.07 Å². The quantitative estimate of drug-likeness (QED) is 0.112. The highest BCUT2D eigenvalue weighted by molar-refractivity contribution is 6.30. The number of amides is 1. The molecule has 0 radical (unpaired) electrons. The van der Waals surface area contributed by atoms with Crippen molar-refractivity contribution in [1.82, 2.24) is 0 Å². The van der Waals surface area contributed by atoms with Gasteiger partial charge in [-0.3, -0.25) is 14.9 Å². The highest BCUT2D eigenvalue weighted by Crippen LogP contribution is 2.31. The molecule has 0 unspecified atom stereocenters. The molecule has 3 rings (SSSR count). The Morgan fingerprint density at radius 1 is 1.03 bits per heavy atom. The number of hydrogen-bond acceptors (Lipinski definition) is 8. The molecule has 3 aromatic rings. The van der Waals surface area contributed by atoms with Crippen molar-refractivity contribution in [3.63, 3.8) is 0 Å². The molecule has 0 aliphatic heterocycles. The van der Waals surface area contributed by atoms with Gasteiger partial charge in [-0.25, -0.2) is 4.79 Å². The van der Waals surface area contributed by atoms with Gasteiger partial charge in [0, 0.05) is 5.02 Å². The first kappa shape index (κ1) is 25.7. The van der Waals surface area contributed by atoms with Gasteiger partial charge in [0.15, 0.2) is 11.5 Å². The minimum Gasteiger partial charge on any atom is -0.496 e. The summed E-state index contributed by atoms with van der Waals surface area (Å²) in [4.78, 5) is 35.7. The Hall–Kier alpha value is -4.88. The SMILES string of the molecule is COc1ccc(NC(=O)/C(C#N)=C/c2ccc(OC(=O)c3ccc(Cl)cc3)c(OC)c2)c([N+](=O)[O-])c1. The largest absolute Gasteiger partial charge is 0.496 e. The molecule has 10 nitrogen and oxygen atoms in total. The molecule has 0 aromatic heterocycles. The van der Waals surface area contributed by atoms with Crippen molar-refractivity contribution >= 4 is 40.9 Å². The van der Waals surface area contributed by atoms with Gasteiger partial charge in [-0.1, -0.05) is 17.7 Å². The second-order valence-electron chi connectivity index (χ2n) is 7.07. The molecule has 0 saturated heterocycles. The van der Waals surface area contributed by atoms with Crippen LogP contribution >= 0.6 is 11.6 Å². The van der Waals surface area contributed by atoms with Crippen LogP contribution in [0.2, 0.25) is 5.02 Å². The number of nitrogens with one attached hydrogen (secondary N) is 1. The zero-order chi connectivity index (χ0) is 26.2. The van der Waals surface area contributed by atoms with E-state index in [1.807, 2.05) is 0 Å². The summed E-state index contributed by atoms with van der Waals surface area (Å²) in [6.07, 6.45) is 1.26. The van der Waals surface area contributed by atoms with Crippen molar-refractivity contribution in [3.8, 4) is 23.3 Å². The second kappa shape index (κ2) is 11.5. The van der Waals surface area contributed by atoms with Gasteiger partial charge in [0.2, 0.25) is 0 Å². The summed E-state index contributed by atoms with van der Waals surface area (Å²) in [5, 5.41) is 23.7. The van der Waals surface area contributed by atoms with Crippen molar-refractivity contribution in [1.29, 1.82) is 5.26 Å². The molecule has 0 atom stereocenters. The first-order valence-electron chi connectivity index (χ1n) is 10.2. The molecule has 3 aromatic carbocycles. The molecule has 11 heteroatoms. The number of rotatable bonds is 8. The van der Waals surface area contributed by atoms with Crippen LogP contribution in [0.1, 0.15) is 15.9 Å². The zero-order valence-corrected chi connectivity index (χ0v) is 19.7. The maximum Gasteiger partial charge on any atom is 0.343 e. The molecule has 0 bridgehead atoms. The summed E-state index contributed by atoms with van der Waals surface area (Å²) in [7, 11) is 2.72. The Bertz CT molecular complexity index is 1400. The van der Waals surface area contributed by atoms with Crippen LogP contribution in [0.3, 0.4) is 0 Å². The average Bonchev–Trinajstić information content (AvgIpc) is 2.88. The fraction of sp³-hybridized carbons (Fsp3) is 0.0800. The molecule has 1 N–H and O–H groups in total. The number of nitro groups is 1. The lowest BCUT2D eigenvalue weighted by Gasteiger charge is -2.10. The minimum atomic E-state index is -0.858. The summed E-state index contributed by atoms with van der Waals surface area (Å²) in [6, 6.07) is 16.2. The number of methoxy groups -OCH3 is 2. The lowest BCUT2D eigenvalue weighted by Crippen LogP contribution is -2.14. The third kappa shape index (κ3) is 6.16. The van der Waals surface area contributed by atoms with Crippen LogP contribution in [0.4, 0.5) is 11.4 Å². The van der Waals surface area contributed by atoms with E-state index in [0.29, 0.717) is 10.6 Å². The van der Waals surface area contributed by atoms with Gasteiger partial charge < -0.3 is 19.5 Å². The molecule has 0 fully saturated rings. The fourth-order valence-corrected chi connectivity index (χ4v) is 3.13. The van der Waals surface area contributed by atoms with Gasteiger partial charge in [0.05, 0.1) is 30.8 Å². The number of nitriles is 1. The van der Waals surface area contributed by atoms with Gasteiger partial charge >= 0.3 is 5.97 Å². The van der Waals surface area contributed by atoms with Gasteiger partial charge in [-0.2, -0.15) is 5.26 Å². The normalized spacial score (nSPS) is 10.7. The van der Waals surface area contributed by atoms with E-state index in [-0.39, 0.29) is 34.1 Å². The average molecular weight is 508 g/mol. The first-order valence-corrected chi connectivity index (χ1v) is 10.5. The number of anilines is 1. The van der Waals surface area contributed by atoms with Gasteiger partial charge in [-0.15, -0.1) is 0 Å². The number of nitrogens with zero attached hydrogens (tertiary/aromatic N) is 2. The van der Waals surface area contributed by atoms with E-state index in [2.05, 4.69) is 5.32 Å². The van der Waals surface area contributed by atoms with E-state index in [1.54, 1.807) is 18.2 Å². The lowest BCUT2D eigenvalue weighted by molar-refractivity contribution is -0.384. The molecular formula is C25H18ClN3O7. The van der Waals surface area contributed by atoms with Crippen LogP contribution in [0, 0.1) is 21.4 Å². The number of esters is 1. The predicted octanol–water partition coefficient (Wildman–Crippen LogP) is 5.03.